The molecule has 2 aromatic rings. The van der Waals surface area contributed by atoms with Crippen LogP contribution in [0.5, 0.6) is 0 Å². The fraction of sp³-hybridized carbons (Fsp3) is 0.455. The van der Waals surface area contributed by atoms with Crippen LogP contribution in [-0.4, -0.2) is 52.4 Å². The summed E-state index contributed by atoms with van der Waals surface area (Å²) < 4.78 is 28.5. The van der Waals surface area contributed by atoms with Crippen molar-refractivity contribution in [1.82, 2.24) is 14.8 Å². The van der Waals surface area contributed by atoms with Gasteiger partial charge in [-0.15, -0.1) is 0 Å². The number of carbonyl (C=O) groups excluding carboxylic acids is 1. The number of fused-ring (bicyclic) bond motifs is 2. The van der Waals surface area contributed by atoms with Gasteiger partial charge >= 0.3 is 0 Å². The van der Waals surface area contributed by atoms with E-state index in [0.717, 1.165) is 37.7 Å². The van der Waals surface area contributed by atoms with E-state index in [9.17, 15) is 13.6 Å². The second-order valence-corrected chi connectivity index (χ2v) is 8.15. The van der Waals surface area contributed by atoms with Crippen molar-refractivity contribution in [3.05, 3.63) is 65.5 Å². The molecule has 3 atom stereocenters. The number of pyridine rings is 1. The molecule has 0 unspecified atom stereocenters. The SMILES string of the molecule is O=C(Cc1ccccn1)N1C[C@H](c2cccc(F)c2F)[C@H]2[C@@H]1C1CCN2CC1. The second-order valence-electron chi connectivity index (χ2n) is 8.15. The van der Waals surface area contributed by atoms with Crippen LogP contribution in [0.15, 0.2) is 42.6 Å². The van der Waals surface area contributed by atoms with E-state index < -0.39 is 11.6 Å². The Morgan fingerprint density at radius 2 is 1.89 bits per heavy atom. The third kappa shape index (κ3) is 2.82. The van der Waals surface area contributed by atoms with Gasteiger partial charge < -0.3 is 4.90 Å². The predicted molar refractivity (Wildman–Crippen MR) is 101 cm³/mol. The van der Waals surface area contributed by atoms with Crippen molar-refractivity contribution in [3.63, 3.8) is 0 Å². The summed E-state index contributed by atoms with van der Waals surface area (Å²) in [7, 11) is 0. The summed E-state index contributed by atoms with van der Waals surface area (Å²) in [5.74, 6) is -1.32. The summed E-state index contributed by atoms with van der Waals surface area (Å²) in [6.07, 6.45) is 4.06. The maximum atomic E-state index is 14.6. The molecule has 5 heterocycles. The molecule has 2 bridgehead atoms. The Labute approximate surface area is 163 Å². The van der Waals surface area contributed by atoms with E-state index in [1.54, 1.807) is 18.3 Å². The molecule has 4 fully saturated rings. The molecule has 0 spiro atoms. The van der Waals surface area contributed by atoms with Crippen LogP contribution in [0.4, 0.5) is 8.78 Å². The van der Waals surface area contributed by atoms with Gasteiger partial charge in [-0.25, -0.2) is 8.78 Å². The lowest BCUT2D eigenvalue weighted by Crippen LogP contribution is -2.60. The van der Waals surface area contributed by atoms with Crippen molar-refractivity contribution in [3.8, 4) is 0 Å². The zero-order valence-corrected chi connectivity index (χ0v) is 15.6. The number of piperidine rings is 3. The summed E-state index contributed by atoms with van der Waals surface area (Å²) in [6.45, 7) is 2.39. The van der Waals surface area contributed by atoms with Gasteiger partial charge in [0.25, 0.3) is 0 Å². The number of nitrogens with zero attached hydrogens (tertiary/aromatic N) is 3. The van der Waals surface area contributed by atoms with Crippen LogP contribution in [-0.2, 0) is 11.2 Å². The highest BCUT2D eigenvalue weighted by Crippen LogP contribution is 2.47. The van der Waals surface area contributed by atoms with Crippen molar-refractivity contribution < 1.29 is 13.6 Å². The second kappa shape index (κ2) is 6.92. The van der Waals surface area contributed by atoms with Gasteiger partial charge in [0.2, 0.25) is 5.91 Å². The van der Waals surface area contributed by atoms with Gasteiger partial charge in [0.1, 0.15) is 0 Å². The van der Waals surface area contributed by atoms with Crippen molar-refractivity contribution in [1.29, 1.82) is 0 Å². The zero-order chi connectivity index (χ0) is 19.3. The van der Waals surface area contributed by atoms with Crippen molar-refractivity contribution >= 4 is 5.91 Å². The van der Waals surface area contributed by atoms with E-state index in [1.807, 2.05) is 23.1 Å². The van der Waals surface area contributed by atoms with Crippen LogP contribution < -0.4 is 0 Å². The number of amides is 1. The number of benzene rings is 1. The average molecular weight is 383 g/mol. The van der Waals surface area contributed by atoms with Gasteiger partial charge in [-0.05, 0) is 55.6 Å². The molecule has 1 aromatic heterocycles. The van der Waals surface area contributed by atoms with Gasteiger partial charge in [-0.2, -0.15) is 0 Å². The molecule has 0 N–H and O–H groups in total. The number of halogens is 2. The van der Waals surface area contributed by atoms with Crippen molar-refractivity contribution in [2.24, 2.45) is 5.92 Å². The molecule has 146 valence electrons. The monoisotopic (exact) mass is 383 g/mol. The fourth-order valence-electron chi connectivity index (χ4n) is 5.54. The lowest BCUT2D eigenvalue weighted by Gasteiger charge is -2.51. The van der Waals surface area contributed by atoms with E-state index in [4.69, 9.17) is 0 Å². The van der Waals surface area contributed by atoms with E-state index in [0.29, 0.717) is 18.0 Å². The first-order valence-electron chi connectivity index (χ1n) is 10.0. The van der Waals surface area contributed by atoms with Gasteiger partial charge in [0.15, 0.2) is 11.6 Å². The van der Waals surface area contributed by atoms with Gasteiger partial charge in [-0.3, -0.25) is 14.7 Å². The van der Waals surface area contributed by atoms with Crippen LogP contribution in [0.2, 0.25) is 0 Å². The van der Waals surface area contributed by atoms with Crippen molar-refractivity contribution in [2.45, 2.75) is 37.3 Å². The molecule has 4 nitrogen and oxygen atoms in total. The highest BCUT2D eigenvalue weighted by atomic mass is 19.2. The third-order valence-electron chi connectivity index (χ3n) is 6.75. The summed E-state index contributed by atoms with van der Waals surface area (Å²) in [4.78, 5) is 21.8. The molecular formula is C22H23F2N3O. The molecule has 0 aliphatic carbocycles. The summed E-state index contributed by atoms with van der Waals surface area (Å²) in [6, 6.07) is 10.1. The smallest absolute Gasteiger partial charge is 0.228 e. The average Bonchev–Trinajstić information content (AvgIpc) is 3.15. The first-order valence-corrected chi connectivity index (χ1v) is 10.0. The number of hydrogen-bond donors (Lipinski definition) is 0. The van der Waals surface area contributed by atoms with Crippen LogP contribution in [0, 0.1) is 17.6 Å². The van der Waals surface area contributed by atoms with E-state index in [2.05, 4.69) is 9.88 Å². The molecule has 1 aromatic carbocycles. The number of rotatable bonds is 3. The highest BCUT2D eigenvalue weighted by Gasteiger charge is 2.55. The van der Waals surface area contributed by atoms with Gasteiger partial charge in [0.05, 0.1) is 12.5 Å². The minimum Gasteiger partial charge on any atom is -0.337 e. The highest BCUT2D eigenvalue weighted by molar-refractivity contribution is 5.79. The largest absolute Gasteiger partial charge is 0.337 e. The maximum absolute atomic E-state index is 14.6. The topological polar surface area (TPSA) is 36.4 Å². The predicted octanol–water partition coefficient (Wildman–Crippen LogP) is 2.99. The summed E-state index contributed by atoms with van der Waals surface area (Å²) >= 11 is 0. The van der Waals surface area contributed by atoms with Crippen molar-refractivity contribution in [2.75, 3.05) is 19.6 Å². The molecule has 4 aliphatic heterocycles. The van der Waals surface area contributed by atoms with E-state index >= 15 is 0 Å². The van der Waals surface area contributed by atoms with Crippen LogP contribution in [0.1, 0.15) is 30.0 Å². The third-order valence-corrected chi connectivity index (χ3v) is 6.75. The number of carbonyl (C=O) groups is 1. The molecule has 0 saturated carbocycles. The molecule has 28 heavy (non-hydrogen) atoms. The normalized spacial score (nSPS) is 31.1. The Bertz CT molecular complexity index is 883. The molecule has 4 saturated heterocycles. The van der Waals surface area contributed by atoms with E-state index in [-0.39, 0.29) is 30.3 Å². The standard InChI is InChI=1S/C22H23F2N3O/c23-18-6-3-5-16(20(18)24)17-13-27(19(28)12-15-4-1-2-9-25-15)21-14-7-10-26(11-8-14)22(17)21/h1-6,9,14,17,21-22H,7-8,10-13H2/t17-,21+,22+/m1/s1. The van der Waals surface area contributed by atoms with Crippen LogP contribution in [0.25, 0.3) is 0 Å². The fourth-order valence-corrected chi connectivity index (χ4v) is 5.54. The Morgan fingerprint density at radius 3 is 2.64 bits per heavy atom. The van der Waals surface area contributed by atoms with Gasteiger partial charge in [-0.1, -0.05) is 18.2 Å². The van der Waals surface area contributed by atoms with Crippen LogP contribution in [0.3, 0.4) is 0 Å². The molecule has 0 radical (unpaired) electrons. The molecule has 6 rings (SSSR count). The Morgan fingerprint density at radius 1 is 1.07 bits per heavy atom. The van der Waals surface area contributed by atoms with E-state index in [1.165, 1.54) is 0 Å². The maximum Gasteiger partial charge on any atom is 0.228 e. The minimum absolute atomic E-state index is 0.0294. The Balaban J connectivity index is 1.49. The minimum atomic E-state index is -0.816. The first-order chi connectivity index (χ1) is 13.6. The summed E-state index contributed by atoms with van der Waals surface area (Å²) in [5.41, 5.74) is 1.14. The quantitative estimate of drug-likeness (QED) is 0.818. The molecule has 6 heteroatoms. The van der Waals surface area contributed by atoms with Gasteiger partial charge in [0, 0.05) is 30.4 Å². The lowest BCUT2D eigenvalue weighted by molar-refractivity contribution is -0.135. The lowest BCUT2D eigenvalue weighted by atomic mass is 9.75. The zero-order valence-electron chi connectivity index (χ0n) is 15.6. The first kappa shape index (κ1) is 17.7. The number of likely N-dealkylation sites (tertiary alicyclic amines) is 1. The Hall–Kier alpha value is -2.34. The summed E-state index contributed by atoms with van der Waals surface area (Å²) in [5, 5.41) is 0. The molecule has 4 aliphatic rings. The molecular weight excluding hydrogens is 360 g/mol. The number of aromatic nitrogens is 1. The van der Waals surface area contributed by atoms with Crippen LogP contribution >= 0.6 is 0 Å². The molecule has 1 amide bonds. The Kier molecular flexibility index (Phi) is 4.38. The number of hydrogen-bond acceptors (Lipinski definition) is 3.